The molecule has 0 aliphatic rings. The number of nitrogens with one attached hydrogen (secondary N) is 2. The number of H-pyrrole nitrogens is 1. The molecule has 0 unspecified atom stereocenters. The molecule has 4 aromatic rings. The van der Waals surface area contributed by atoms with Crippen LogP contribution in [0.2, 0.25) is 0 Å². The van der Waals surface area contributed by atoms with E-state index in [2.05, 4.69) is 30.1 Å². The summed E-state index contributed by atoms with van der Waals surface area (Å²) in [5.74, 6) is -1.59. The van der Waals surface area contributed by atoms with E-state index in [4.69, 9.17) is 4.52 Å². The Balaban J connectivity index is 1.48. The standard InChI is InChI=1S/C17H10FN5O4/c18-11-3-1-2-10(8-11)16-20-14(23-26-16)15(24)19-12-6-4-9(5-7-12)13-21-17(25)27-22-13/h1-8H,(H,19,24)(H,21,22,25). The molecule has 9 nitrogen and oxygen atoms in total. The first-order chi connectivity index (χ1) is 13.1. The summed E-state index contributed by atoms with van der Waals surface area (Å²) in [6, 6.07) is 12.1. The van der Waals surface area contributed by atoms with E-state index in [0.717, 1.165) is 0 Å². The molecule has 0 saturated carbocycles. The molecule has 0 bridgehead atoms. The van der Waals surface area contributed by atoms with Gasteiger partial charge in [0.05, 0.1) is 0 Å². The lowest BCUT2D eigenvalue weighted by Gasteiger charge is -2.02. The van der Waals surface area contributed by atoms with Crippen LogP contribution in [0.4, 0.5) is 10.1 Å². The number of amides is 1. The Labute approximate surface area is 149 Å². The van der Waals surface area contributed by atoms with Gasteiger partial charge < -0.3 is 9.84 Å². The molecule has 2 aromatic heterocycles. The third kappa shape index (κ3) is 3.49. The molecule has 0 fully saturated rings. The van der Waals surface area contributed by atoms with Crippen molar-refractivity contribution in [3.63, 3.8) is 0 Å². The normalized spacial score (nSPS) is 10.7. The first-order valence-electron chi connectivity index (χ1n) is 7.66. The van der Waals surface area contributed by atoms with E-state index in [1.54, 1.807) is 30.3 Å². The average molecular weight is 367 g/mol. The van der Waals surface area contributed by atoms with Gasteiger partial charge >= 0.3 is 5.76 Å². The second kappa shape index (κ2) is 6.67. The van der Waals surface area contributed by atoms with Crippen molar-refractivity contribution in [2.24, 2.45) is 0 Å². The summed E-state index contributed by atoms with van der Waals surface area (Å²) in [5, 5.41) is 9.78. The molecule has 4 rings (SSSR count). The number of hydrogen-bond donors (Lipinski definition) is 2. The molecule has 1 amide bonds. The van der Waals surface area contributed by atoms with Crippen LogP contribution < -0.4 is 11.1 Å². The molecule has 0 saturated heterocycles. The summed E-state index contributed by atoms with van der Waals surface area (Å²) < 4.78 is 22.7. The van der Waals surface area contributed by atoms with Gasteiger partial charge in [-0.2, -0.15) is 4.98 Å². The number of halogens is 1. The Morgan fingerprint density at radius 2 is 1.85 bits per heavy atom. The fraction of sp³-hybridized carbons (Fsp3) is 0. The van der Waals surface area contributed by atoms with Gasteiger partial charge in [0.1, 0.15) is 5.82 Å². The Morgan fingerprint density at radius 3 is 2.56 bits per heavy atom. The number of hydrogen-bond acceptors (Lipinski definition) is 7. The molecule has 0 aliphatic carbocycles. The van der Waals surface area contributed by atoms with E-state index in [0.29, 0.717) is 16.8 Å². The molecule has 27 heavy (non-hydrogen) atoms. The predicted octanol–water partition coefficient (Wildman–Crippen LogP) is 2.47. The van der Waals surface area contributed by atoms with Crippen molar-refractivity contribution in [2.45, 2.75) is 0 Å². The Morgan fingerprint density at radius 1 is 1.04 bits per heavy atom. The van der Waals surface area contributed by atoms with Crippen LogP contribution in [0.5, 0.6) is 0 Å². The molecule has 134 valence electrons. The molecule has 10 heteroatoms. The molecule has 0 spiro atoms. The molecule has 0 radical (unpaired) electrons. The lowest BCUT2D eigenvalue weighted by Crippen LogP contribution is -2.13. The SMILES string of the molecule is O=C(Nc1ccc(-c2noc(=O)[nH]2)cc1)c1noc(-c2cccc(F)c2)n1. The van der Waals surface area contributed by atoms with Gasteiger partial charge in [0.2, 0.25) is 0 Å². The summed E-state index contributed by atoms with van der Waals surface area (Å²) in [7, 11) is 0. The second-order valence-electron chi connectivity index (χ2n) is 5.41. The fourth-order valence-electron chi connectivity index (χ4n) is 2.31. The van der Waals surface area contributed by atoms with Gasteiger partial charge in [-0.25, -0.2) is 9.18 Å². The highest BCUT2D eigenvalue weighted by Gasteiger charge is 2.16. The third-order valence-corrected chi connectivity index (χ3v) is 3.56. The summed E-state index contributed by atoms with van der Waals surface area (Å²) in [4.78, 5) is 29.6. The molecule has 2 heterocycles. The number of aromatic nitrogens is 4. The van der Waals surface area contributed by atoms with E-state index in [-0.39, 0.29) is 17.5 Å². The minimum absolute atomic E-state index is 0.0324. The second-order valence-corrected chi connectivity index (χ2v) is 5.41. The molecular formula is C17H10FN5O4. The van der Waals surface area contributed by atoms with Gasteiger partial charge in [-0.15, -0.1) is 0 Å². The van der Waals surface area contributed by atoms with Crippen LogP contribution in [0.25, 0.3) is 22.8 Å². The highest BCUT2D eigenvalue weighted by molar-refractivity contribution is 6.01. The Bertz CT molecular complexity index is 1160. The van der Waals surface area contributed by atoms with Crippen LogP contribution >= 0.6 is 0 Å². The van der Waals surface area contributed by atoms with Gasteiger partial charge in [-0.1, -0.05) is 16.4 Å². The lowest BCUT2D eigenvalue weighted by atomic mass is 10.2. The van der Waals surface area contributed by atoms with E-state index >= 15 is 0 Å². The Kier molecular flexibility index (Phi) is 4.05. The summed E-state index contributed by atoms with van der Waals surface area (Å²) in [6.45, 7) is 0. The fourth-order valence-corrected chi connectivity index (χ4v) is 2.31. The number of aromatic amines is 1. The van der Waals surface area contributed by atoms with Gasteiger partial charge in [-0.05, 0) is 42.5 Å². The Hall–Kier alpha value is -4.08. The zero-order chi connectivity index (χ0) is 18.8. The zero-order valence-electron chi connectivity index (χ0n) is 13.5. The van der Waals surface area contributed by atoms with Crippen molar-refractivity contribution in [3.05, 3.63) is 70.7 Å². The van der Waals surface area contributed by atoms with Crippen molar-refractivity contribution < 1.29 is 18.2 Å². The number of carbonyl (C=O) groups is 1. The first-order valence-corrected chi connectivity index (χ1v) is 7.66. The lowest BCUT2D eigenvalue weighted by molar-refractivity contribution is 0.101. The van der Waals surface area contributed by atoms with E-state index in [1.807, 2.05) is 0 Å². The topological polar surface area (TPSA) is 127 Å². The van der Waals surface area contributed by atoms with Crippen molar-refractivity contribution in [1.82, 2.24) is 20.3 Å². The van der Waals surface area contributed by atoms with E-state index < -0.39 is 17.5 Å². The number of nitrogens with zero attached hydrogens (tertiary/aromatic N) is 3. The monoisotopic (exact) mass is 367 g/mol. The van der Waals surface area contributed by atoms with Crippen LogP contribution in [0, 0.1) is 5.82 Å². The molecule has 0 aliphatic heterocycles. The maximum absolute atomic E-state index is 13.3. The van der Waals surface area contributed by atoms with Gasteiger partial charge in [0, 0.05) is 16.8 Å². The van der Waals surface area contributed by atoms with Gasteiger partial charge in [0.25, 0.3) is 17.6 Å². The van der Waals surface area contributed by atoms with Gasteiger partial charge in [0.15, 0.2) is 5.82 Å². The van der Waals surface area contributed by atoms with E-state index in [1.165, 1.54) is 18.2 Å². The summed E-state index contributed by atoms with van der Waals surface area (Å²) in [6.07, 6.45) is 0. The van der Waals surface area contributed by atoms with Crippen molar-refractivity contribution in [3.8, 4) is 22.8 Å². The number of rotatable bonds is 4. The summed E-state index contributed by atoms with van der Waals surface area (Å²) >= 11 is 0. The average Bonchev–Trinajstić information content (AvgIpc) is 3.32. The van der Waals surface area contributed by atoms with Crippen LogP contribution in [0.1, 0.15) is 10.6 Å². The van der Waals surface area contributed by atoms with Crippen molar-refractivity contribution >= 4 is 11.6 Å². The smallest absolute Gasteiger partial charge is 0.333 e. The van der Waals surface area contributed by atoms with Crippen LogP contribution in [-0.4, -0.2) is 26.2 Å². The van der Waals surface area contributed by atoms with Gasteiger partial charge in [-0.3, -0.25) is 14.3 Å². The molecular weight excluding hydrogens is 357 g/mol. The van der Waals surface area contributed by atoms with Crippen LogP contribution in [0.3, 0.4) is 0 Å². The van der Waals surface area contributed by atoms with Crippen molar-refractivity contribution in [2.75, 3.05) is 5.32 Å². The van der Waals surface area contributed by atoms with Crippen LogP contribution in [-0.2, 0) is 0 Å². The maximum atomic E-state index is 13.3. The molecule has 2 N–H and O–H groups in total. The third-order valence-electron chi connectivity index (χ3n) is 3.56. The molecule has 0 atom stereocenters. The minimum Gasteiger partial charge on any atom is -0.333 e. The number of benzene rings is 2. The predicted molar refractivity (Wildman–Crippen MR) is 90.2 cm³/mol. The minimum atomic E-state index is -0.659. The molecule has 2 aromatic carbocycles. The quantitative estimate of drug-likeness (QED) is 0.567. The summed E-state index contributed by atoms with van der Waals surface area (Å²) in [5.41, 5.74) is 1.44. The highest BCUT2D eigenvalue weighted by atomic mass is 19.1. The number of anilines is 1. The highest BCUT2D eigenvalue weighted by Crippen LogP contribution is 2.19. The zero-order valence-corrected chi connectivity index (χ0v) is 13.5. The maximum Gasteiger partial charge on any atom is 0.439 e. The largest absolute Gasteiger partial charge is 0.439 e. The first kappa shape index (κ1) is 16.4. The number of carbonyl (C=O) groups excluding carboxylic acids is 1. The van der Waals surface area contributed by atoms with Crippen LogP contribution in [0.15, 0.2) is 62.4 Å². The van der Waals surface area contributed by atoms with E-state index in [9.17, 15) is 14.0 Å². The van der Waals surface area contributed by atoms with Crippen molar-refractivity contribution in [1.29, 1.82) is 0 Å².